The molecule has 1 aliphatic carbocycles. The fourth-order valence-electron chi connectivity index (χ4n) is 2.51. The van der Waals surface area contributed by atoms with Crippen molar-refractivity contribution in [1.29, 1.82) is 0 Å². The largest absolute Gasteiger partial charge is 0.480 e. The number of amides is 2. The SMILES string of the molecule is COCCN1CC(C(=O)N(CC(=O)O)C2CC2)CC1=O. The van der Waals surface area contributed by atoms with Crippen molar-refractivity contribution >= 4 is 17.8 Å². The zero-order chi connectivity index (χ0) is 14.7. The summed E-state index contributed by atoms with van der Waals surface area (Å²) in [6.45, 7) is 1.01. The first-order chi connectivity index (χ1) is 9.52. The van der Waals surface area contributed by atoms with Gasteiger partial charge in [-0.2, -0.15) is 0 Å². The molecular weight excluding hydrogens is 264 g/mol. The highest BCUT2D eigenvalue weighted by Crippen LogP contribution is 2.30. The number of carboxylic acids is 1. The molecule has 1 aliphatic heterocycles. The number of hydrogen-bond acceptors (Lipinski definition) is 4. The third-order valence-electron chi connectivity index (χ3n) is 3.71. The van der Waals surface area contributed by atoms with E-state index in [0.717, 1.165) is 12.8 Å². The van der Waals surface area contributed by atoms with E-state index in [2.05, 4.69) is 0 Å². The fraction of sp³-hybridized carbons (Fsp3) is 0.769. The maximum absolute atomic E-state index is 12.4. The van der Waals surface area contributed by atoms with Crippen LogP contribution < -0.4 is 0 Å². The van der Waals surface area contributed by atoms with E-state index in [-0.39, 0.29) is 30.8 Å². The van der Waals surface area contributed by atoms with E-state index in [1.165, 1.54) is 4.90 Å². The Morgan fingerprint density at radius 3 is 2.70 bits per heavy atom. The van der Waals surface area contributed by atoms with Crippen LogP contribution >= 0.6 is 0 Å². The highest BCUT2D eigenvalue weighted by molar-refractivity contribution is 5.91. The summed E-state index contributed by atoms with van der Waals surface area (Å²) in [5.74, 6) is -1.69. The number of likely N-dealkylation sites (tertiary alicyclic amines) is 1. The van der Waals surface area contributed by atoms with Crippen LogP contribution in [-0.2, 0) is 19.1 Å². The second-order valence-electron chi connectivity index (χ2n) is 5.32. The lowest BCUT2D eigenvalue weighted by atomic mass is 10.1. The van der Waals surface area contributed by atoms with Crippen LogP contribution in [0.25, 0.3) is 0 Å². The summed E-state index contributed by atoms with van der Waals surface area (Å²) in [4.78, 5) is 38.1. The number of carboxylic acid groups (broad SMARTS) is 1. The summed E-state index contributed by atoms with van der Waals surface area (Å²) in [7, 11) is 1.56. The maximum atomic E-state index is 12.4. The standard InChI is InChI=1S/C13H20N2O5/c1-20-5-4-14-7-9(6-11(14)16)13(19)15(8-12(17)18)10-2-3-10/h9-10H,2-8H2,1H3,(H,17,18). The number of ether oxygens (including phenoxy) is 1. The summed E-state index contributed by atoms with van der Waals surface area (Å²) in [5, 5.41) is 8.88. The molecule has 1 saturated carbocycles. The van der Waals surface area contributed by atoms with Gasteiger partial charge in [0.1, 0.15) is 6.54 Å². The van der Waals surface area contributed by atoms with E-state index in [4.69, 9.17) is 9.84 Å². The Kier molecular flexibility index (Phi) is 4.59. The van der Waals surface area contributed by atoms with Crippen molar-refractivity contribution in [2.24, 2.45) is 5.92 Å². The molecule has 1 saturated heterocycles. The molecule has 7 heteroatoms. The molecule has 0 bridgehead atoms. The average molecular weight is 284 g/mol. The minimum absolute atomic E-state index is 0.0433. The smallest absolute Gasteiger partial charge is 0.323 e. The van der Waals surface area contributed by atoms with Gasteiger partial charge in [0.15, 0.2) is 0 Å². The van der Waals surface area contributed by atoms with Gasteiger partial charge in [-0.25, -0.2) is 0 Å². The van der Waals surface area contributed by atoms with Crippen LogP contribution in [0.5, 0.6) is 0 Å². The first kappa shape index (κ1) is 14.8. The van der Waals surface area contributed by atoms with Gasteiger partial charge in [0.05, 0.1) is 12.5 Å². The molecule has 0 aromatic heterocycles. The van der Waals surface area contributed by atoms with E-state index >= 15 is 0 Å². The highest BCUT2D eigenvalue weighted by atomic mass is 16.5. The molecule has 0 radical (unpaired) electrons. The molecule has 7 nitrogen and oxygen atoms in total. The van der Waals surface area contributed by atoms with Gasteiger partial charge in [-0.15, -0.1) is 0 Å². The summed E-state index contributed by atoms with van der Waals surface area (Å²) < 4.78 is 4.93. The van der Waals surface area contributed by atoms with Gasteiger partial charge in [0.25, 0.3) is 0 Å². The molecule has 1 N–H and O–H groups in total. The lowest BCUT2D eigenvalue weighted by molar-refractivity contribution is -0.146. The van der Waals surface area contributed by atoms with Crippen LogP contribution in [0.3, 0.4) is 0 Å². The normalized spacial score (nSPS) is 22.1. The predicted molar refractivity (Wildman–Crippen MR) is 68.9 cm³/mol. The average Bonchev–Trinajstić information content (AvgIpc) is 3.17. The van der Waals surface area contributed by atoms with E-state index in [1.807, 2.05) is 0 Å². The number of nitrogens with zero attached hydrogens (tertiary/aromatic N) is 2. The zero-order valence-electron chi connectivity index (χ0n) is 11.6. The van der Waals surface area contributed by atoms with Gasteiger partial charge in [-0.1, -0.05) is 0 Å². The topological polar surface area (TPSA) is 87.2 Å². The molecule has 2 aliphatic rings. The van der Waals surface area contributed by atoms with Gasteiger partial charge in [-0.3, -0.25) is 14.4 Å². The van der Waals surface area contributed by atoms with E-state index < -0.39 is 11.9 Å². The molecule has 0 aromatic rings. The molecule has 1 unspecified atom stereocenters. The van der Waals surface area contributed by atoms with Crippen LogP contribution in [0.1, 0.15) is 19.3 Å². The lowest BCUT2D eigenvalue weighted by Gasteiger charge is -2.23. The first-order valence-electron chi connectivity index (χ1n) is 6.82. The van der Waals surface area contributed by atoms with Crippen molar-refractivity contribution < 1.29 is 24.2 Å². The van der Waals surface area contributed by atoms with Crippen LogP contribution in [0.15, 0.2) is 0 Å². The minimum atomic E-state index is -1.01. The Bertz CT molecular complexity index is 408. The van der Waals surface area contributed by atoms with Gasteiger partial charge in [0, 0.05) is 32.7 Å². The van der Waals surface area contributed by atoms with E-state index in [9.17, 15) is 14.4 Å². The zero-order valence-corrected chi connectivity index (χ0v) is 11.6. The second-order valence-corrected chi connectivity index (χ2v) is 5.32. The van der Waals surface area contributed by atoms with Gasteiger partial charge >= 0.3 is 5.97 Å². The first-order valence-corrected chi connectivity index (χ1v) is 6.82. The Labute approximate surface area is 117 Å². The van der Waals surface area contributed by atoms with Crippen LogP contribution in [0.4, 0.5) is 0 Å². The van der Waals surface area contributed by atoms with Crippen molar-refractivity contribution in [2.45, 2.75) is 25.3 Å². The molecule has 2 rings (SSSR count). The highest BCUT2D eigenvalue weighted by Gasteiger charge is 2.41. The quantitative estimate of drug-likeness (QED) is 0.684. The Balaban J connectivity index is 1.94. The Hall–Kier alpha value is -1.63. The molecule has 20 heavy (non-hydrogen) atoms. The molecule has 0 spiro atoms. The van der Waals surface area contributed by atoms with Crippen molar-refractivity contribution in [3.8, 4) is 0 Å². The number of methoxy groups -OCH3 is 1. The maximum Gasteiger partial charge on any atom is 0.323 e. The number of aliphatic carboxylic acids is 1. The number of rotatable bonds is 7. The molecule has 0 aromatic carbocycles. The number of carbonyl (C=O) groups is 3. The summed E-state index contributed by atoms with van der Waals surface area (Å²) in [6.07, 6.45) is 1.88. The lowest BCUT2D eigenvalue weighted by Crippen LogP contribution is -2.42. The van der Waals surface area contributed by atoms with Crippen molar-refractivity contribution in [3.63, 3.8) is 0 Å². The molecule has 1 heterocycles. The van der Waals surface area contributed by atoms with Gasteiger partial charge < -0.3 is 19.6 Å². The Morgan fingerprint density at radius 2 is 2.15 bits per heavy atom. The minimum Gasteiger partial charge on any atom is -0.480 e. The summed E-state index contributed by atoms with van der Waals surface area (Å²) in [5.41, 5.74) is 0. The molecule has 112 valence electrons. The molecule has 2 amide bonds. The van der Waals surface area contributed by atoms with Crippen LogP contribution in [-0.4, -0.2) is 72.1 Å². The third kappa shape index (κ3) is 3.47. The van der Waals surface area contributed by atoms with E-state index in [1.54, 1.807) is 12.0 Å². The van der Waals surface area contributed by atoms with Gasteiger partial charge in [-0.05, 0) is 12.8 Å². The molecular formula is C13H20N2O5. The van der Waals surface area contributed by atoms with Crippen LogP contribution in [0.2, 0.25) is 0 Å². The number of carbonyl (C=O) groups excluding carboxylic acids is 2. The predicted octanol–water partition coefficient (Wildman–Crippen LogP) is -0.443. The third-order valence-corrected chi connectivity index (χ3v) is 3.71. The van der Waals surface area contributed by atoms with Crippen molar-refractivity contribution in [2.75, 3.05) is 33.4 Å². The summed E-state index contributed by atoms with van der Waals surface area (Å²) >= 11 is 0. The Morgan fingerprint density at radius 1 is 1.45 bits per heavy atom. The van der Waals surface area contributed by atoms with E-state index in [0.29, 0.717) is 19.7 Å². The van der Waals surface area contributed by atoms with Crippen molar-refractivity contribution in [1.82, 2.24) is 9.80 Å². The summed E-state index contributed by atoms with van der Waals surface area (Å²) in [6, 6.07) is 0.0433. The van der Waals surface area contributed by atoms with Gasteiger partial charge in [0.2, 0.25) is 11.8 Å². The monoisotopic (exact) mass is 284 g/mol. The van der Waals surface area contributed by atoms with Crippen molar-refractivity contribution in [3.05, 3.63) is 0 Å². The van der Waals surface area contributed by atoms with Crippen LogP contribution in [0, 0.1) is 5.92 Å². The molecule has 2 fully saturated rings. The molecule has 1 atom stereocenters. The second kappa shape index (κ2) is 6.21. The fourth-order valence-corrected chi connectivity index (χ4v) is 2.51. The number of hydrogen-bond donors (Lipinski definition) is 1.